The highest BCUT2D eigenvalue weighted by Crippen LogP contribution is 2.00. The van der Waals surface area contributed by atoms with Gasteiger partial charge in [0.1, 0.15) is 0 Å². The molecule has 0 unspecified atom stereocenters. The number of carbonyl (C=O) groups is 2. The molecule has 0 saturated carbocycles. The Balaban J connectivity index is 1.76. The maximum Gasteiger partial charge on any atom is 0.225 e. The number of carbonyl (C=O) groups excluding carboxylic acids is 2. The number of hydrogen-bond acceptors (Lipinski definition) is 2. The van der Waals surface area contributed by atoms with E-state index in [4.69, 9.17) is 0 Å². The standard InChI is InChI=1S/C18H20N2O2/c1-14(19-17(21)12-15-8-4-2-5-9-15)20-18(22)13-16-10-6-3-7-11-16/h2-11,14H,12-13H2,1H3,(H,19,21)(H,20,22). The molecule has 0 aliphatic carbocycles. The van der Waals surface area contributed by atoms with Gasteiger partial charge in [-0.3, -0.25) is 9.59 Å². The lowest BCUT2D eigenvalue weighted by atomic mass is 10.1. The number of nitrogens with one attached hydrogen (secondary N) is 2. The minimum atomic E-state index is -0.396. The first kappa shape index (κ1) is 15.8. The Morgan fingerprint density at radius 3 is 1.50 bits per heavy atom. The number of hydrogen-bond donors (Lipinski definition) is 2. The van der Waals surface area contributed by atoms with Crippen LogP contribution in [0.2, 0.25) is 0 Å². The molecule has 0 radical (unpaired) electrons. The van der Waals surface area contributed by atoms with Gasteiger partial charge in [0.15, 0.2) is 0 Å². The molecule has 4 heteroatoms. The summed E-state index contributed by atoms with van der Waals surface area (Å²) in [6.07, 6.45) is 0.215. The van der Waals surface area contributed by atoms with E-state index >= 15 is 0 Å². The molecule has 0 heterocycles. The Morgan fingerprint density at radius 1 is 0.773 bits per heavy atom. The Hall–Kier alpha value is -2.62. The number of amides is 2. The monoisotopic (exact) mass is 296 g/mol. The first-order valence-electron chi connectivity index (χ1n) is 7.30. The summed E-state index contributed by atoms with van der Waals surface area (Å²) in [4.78, 5) is 23.8. The quantitative estimate of drug-likeness (QED) is 0.802. The summed E-state index contributed by atoms with van der Waals surface area (Å²) in [5, 5.41) is 5.55. The van der Waals surface area contributed by atoms with Crippen LogP contribution in [-0.2, 0) is 22.4 Å². The molecule has 2 rings (SSSR count). The highest BCUT2D eigenvalue weighted by atomic mass is 16.2. The Labute approximate surface area is 130 Å². The molecule has 0 atom stereocenters. The fraction of sp³-hybridized carbons (Fsp3) is 0.222. The van der Waals surface area contributed by atoms with Crippen LogP contribution in [0.15, 0.2) is 60.7 Å². The SMILES string of the molecule is CC(NC(=O)Cc1ccccc1)NC(=O)Cc1ccccc1. The third-order valence-corrected chi connectivity index (χ3v) is 3.17. The minimum Gasteiger partial charge on any atom is -0.336 e. The smallest absolute Gasteiger partial charge is 0.225 e. The summed E-state index contributed by atoms with van der Waals surface area (Å²) in [5.41, 5.74) is 1.89. The lowest BCUT2D eigenvalue weighted by Gasteiger charge is -2.16. The lowest BCUT2D eigenvalue weighted by molar-refractivity contribution is -0.123. The first-order valence-corrected chi connectivity index (χ1v) is 7.30. The number of benzene rings is 2. The summed E-state index contributed by atoms with van der Waals surface area (Å²) in [7, 11) is 0. The molecule has 2 N–H and O–H groups in total. The minimum absolute atomic E-state index is 0.112. The van der Waals surface area contributed by atoms with Gasteiger partial charge < -0.3 is 10.6 Å². The van der Waals surface area contributed by atoms with Crippen LogP contribution in [0.5, 0.6) is 0 Å². The van der Waals surface area contributed by atoms with Crippen molar-refractivity contribution in [2.75, 3.05) is 0 Å². The van der Waals surface area contributed by atoms with E-state index in [0.29, 0.717) is 12.8 Å². The van der Waals surface area contributed by atoms with E-state index in [1.165, 1.54) is 0 Å². The van der Waals surface area contributed by atoms with E-state index in [1.807, 2.05) is 60.7 Å². The van der Waals surface area contributed by atoms with Gasteiger partial charge in [0.2, 0.25) is 11.8 Å². The van der Waals surface area contributed by atoms with E-state index in [9.17, 15) is 9.59 Å². The van der Waals surface area contributed by atoms with Crippen molar-refractivity contribution in [1.29, 1.82) is 0 Å². The van der Waals surface area contributed by atoms with Gasteiger partial charge in [-0.05, 0) is 18.1 Å². The molecular weight excluding hydrogens is 276 g/mol. The van der Waals surface area contributed by atoms with Crippen LogP contribution >= 0.6 is 0 Å². The zero-order valence-corrected chi connectivity index (χ0v) is 12.6. The molecule has 2 aromatic carbocycles. The Bertz CT molecular complexity index is 556. The van der Waals surface area contributed by atoms with Crippen LogP contribution in [0.4, 0.5) is 0 Å². The average molecular weight is 296 g/mol. The predicted octanol–water partition coefficient (Wildman–Crippen LogP) is 2.05. The van der Waals surface area contributed by atoms with E-state index < -0.39 is 6.17 Å². The third-order valence-electron chi connectivity index (χ3n) is 3.17. The topological polar surface area (TPSA) is 58.2 Å². The molecule has 114 valence electrons. The van der Waals surface area contributed by atoms with Crippen LogP contribution in [0, 0.1) is 0 Å². The van der Waals surface area contributed by atoms with Crippen LogP contribution in [0.1, 0.15) is 18.1 Å². The molecule has 0 saturated heterocycles. The third kappa shape index (κ3) is 5.40. The summed E-state index contributed by atoms with van der Waals surface area (Å²) < 4.78 is 0. The summed E-state index contributed by atoms with van der Waals surface area (Å²) >= 11 is 0. The fourth-order valence-corrected chi connectivity index (χ4v) is 2.18. The van der Waals surface area contributed by atoms with Crippen LogP contribution in [-0.4, -0.2) is 18.0 Å². The van der Waals surface area contributed by atoms with E-state index in [-0.39, 0.29) is 11.8 Å². The van der Waals surface area contributed by atoms with Crippen molar-refractivity contribution >= 4 is 11.8 Å². The summed E-state index contributed by atoms with van der Waals surface area (Å²) in [6, 6.07) is 19.0. The Kier molecular flexibility index (Phi) is 5.72. The van der Waals surface area contributed by atoms with Crippen molar-refractivity contribution in [1.82, 2.24) is 10.6 Å². The van der Waals surface area contributed by atoms with Crippen molar-refractivity contribution in [3.63, 3.8) is 0 Å². The molecule has 4 nitrogen and oxygen atoms in total. The van der Waals surface area contributed by atoms with Crippen molar-refractivity contribution < 1.29 is 9.59 Å². The molecular formula is C18H20N2O2. The van der Waals surface area contributed by atoms with Gasteiger partial charge >= 0.3 is 0 Å². The highest BCUT2D eigenvalue weighted by molar-refractivity contribution is 5.81. The molecule has 0 aliphatic heterocycles. The van der Waals surface area contributed by atoms with Gasteiger partial charge in [-0.15, -0.1) is 0 Å². The van der Waals surface area contributed by atoms with Gasteiger partial charge in [-0.25, -0.2) is 0 Å². The molecule has 0 fully saturated rings. The molecule has 2 aromatic rings. The molecule has 0 bridgehead atoms. The van der Waals surface area contributed by atoms with Gasteiger partial charge in [-0.2, -0.15) is 0 Å². The van der Waals surface area contributed by atoms with E-state index in [2.05, 4.69) is 10.6 Å². The first-order chi connectivity index (χ1) is 10.6. The zero-order chi connectivity index (χ0) is 15.8. The van der Waals surface area contributed by atoms with Crippen molar-refractivity contribution in [3.8, 4) is 0 Å². The Morgan fingerprint density at radius 2 is 1.14 bits per heavy atom. The molecule has 22 heavy (non-hydrogen) atoms. The largest absolute Gasteiger partial charge is 0.336 e. The summed E-state index contributed by atoms with van der Waals surface area (Å²) in [6.45, 7) is 1.76. The predicted molar refractivity (Wildman–Crippen MR) is 86.0 cm³/mol. The normalized spacial score (nSPS) is 10.3. The van der Waals surface area contributed by atoms with E-state index in [1.54, 1.807) is 6.92 Å². The van der Waals surface area contributed by atoms with E-state index in [0.717, 1.165) is 11.1 Å². The average Bonchev–Trinajstić information content (AvgIpc) is 2.48. The van der Waals surface area contributed by atoms with Crippen molar-refractivity contribution in [2.45, 2.75) is 25.9 Å². The van der Waals surface area contributed by atoms with Crippen LogP contribution in [0.3, 0.4) is 0 Å². The summed E-state index contributed by atoms with van der Waals surface area (Å²) in [5.74, 6) is -0.225. The van der Waals surface area contributed by atoms with Crippen LogP contribution in [0.25, 0.3) is 0 Å². The van der Waals surface area contributed by atoms with Gasteiger partial charge in [0, 0.05) is 0 Å². The second kappa shape index (κ2) is 7.98. The molecule has 0 spiro atoms. The lowest BCUT2D eigenvalue weighted by Crippen LogP contribution is -2.46. The van der Waals surface area contributed by atoms with Crippen molar-refractivity contribution in [2.24, 2.45) is 0 Å². The highest BCUT2D eigenvalue weighted by Gasteiger charge is 2.11. The van der Waals surface area contributed by atoms with Crippen LogP contribution < -0.4 is 10.6 Å². The van der Waals surface area contributed by atoms with Gasteiger partial charge in [0.05, 0.1) is 19.0 Å². The van der Waals surface area contributed by atoms with Gasteiger partial charge in [-0.1, -0.05) is 60.7 Å². The molecule has 0 aromatic heterocycles. The van der Waals surface area contributed by atoms with Gasteiger partial charge in [0.25, 0.3) is 0 Å². The second-order valence-corrected chi connectivity index (χ2v) is 5.18. The maximum atomic E-state index is 11.9. The molecule has 2 amide bonds. The molecule has 0 aliphatic rings. The number of rotatable bonds is 6. The fourth-order valence-electron chi connectivity index (χ4n) is 2.18. The second-order valence-electron chi connectivity index (χ2n) is 5.18. The van der Waals surface area contributed by atoms with Crippen molar-refractivity contribution in [3.05, 3.63) is 71.8 Å². The zero-order valence-electron chi connectivity index (χ0n) is 12.6. The maximum absolute atomic E-state index is 11.9.